The van der Waals surface area contributed by atoms with E-state index in [-0.39, 0.29) is 6.61 Å². The van der Waals surface area contributed by atoms with Crippen LogP contribution in [0.5, 0.6) is 5.88 Å². The highest BCUT2D eigenvalue weighted by Gasteiger charge is 2.20. The van der Waals surface area contributed by atoms with E-state index >= 15 is 0 Å². The van der Waals surface area contributed by atoms with E-state index in [0.29, 0.717) is 18.5 Å². The summed E-state index contributed by atoms with van der Waals surface area (Å²) in [4.78, 5) is 0. The highest BCUT2D eigenvalue weighted by molar-refractivity contribution is 6.99. The number of rotatable bonds is 7. The van der Waals surface area contributed by atoms with Gasteiger partial charge in [0.2, 0.25) is 5.88 Å². The molecular formula is C13H23N3O2S. The van der Waals surface area contributed by atoms with Crippen LogP contribution in [-0.4, -0.2) is 39.2 Å². The molecule has 1 saturated carbocycles. The maximum absolute atomic E-state index is 9.84. The van der Waals surface area contributed by atoms with Gasteiger partial charge in [0.15, 0.2) is 0 Å². The Kier molecular flexibility index (Phi) is 6.00. The van der Waals surface area contributed by atoms with Crippen molar-refractivity contribution in [1.82, 2.24) is 14.1 Å². The van der Waals surface area contributed by atoms with Gasteiger partial charge in [-0.2, -0.15) is 4.37 Å². The monoisotopic (exact) mass is 285 g/mol. The van der Waals surface area contributed by atoms with Crippen molar-refractivity contribution in [2.75, 3.05) is 13.2 Å². The zero-order chi connectivity index (χ0) is 13.5. The molecule has 0 aromatic carbocycles. The Morgan fingerprint density at radius 1 is 1.47 bits per heavy atom. The Balaban J connectivity index is 1.57. The zero-order valence-electron chi connectivity index (χ0n) is 11.4. The molecule has 6 heteroatoms. The summed E-state index contributed by atoms with van der Waals surface area (Å²) in [6.07, 6.45) is 7.44. The number of hydrogen-bond donors (Lipinski definition) is 2. The molecule has 1 atom stereocenters. The number of aliphatic hydroxyl groups excluding tert-OH is 1. The maximum Gasteiger partial charge on any atom is 0.245 e. The van der Waals surface area contributed by atoms with Crippen LogP contribution in [0.25, 0.3) is 0 Å². The van der Waals surface area contributed by atoms with Crippen LogP contribution < -0.4 is 10.1 Å². The molecule has 1 heterocycles. The van der Waals surface area contributed by atoms with E-state index in [1.54, 1.807) is 6.20 Å². The van der Waals surface area contributed by atoms with Gasteiger partial charge in [-0.15, -0.1) is 4.37 Å². The van der Waals surface area contributed by atoms with Gasteiger partial charge in [-0.1, -0.05) is 13.3 Å². The number of aliphatic hydroxyl groups is 1. The Morgan fingerprint density at radius 2 is 2.26 bits per heavy atom. The van der Waals surface area contributed by atoms with Gasteiger partial charge < -0.3 is 15.2 Å². The van der Waals surface area contributed by atoms with Gasteiger partial charge in [0, 0.05) is 12.6 Å². The van der Waals surface area contributed by atoms with Crippen molar-refractivity contribution < 1.29 is 9.84 Å². The molecule has 0 aliphatic heterocycles. The fourth-order valence-corrected chi connectivity index (χ4v) is 2.90. The van der Waals surface area contributed by atoms with Gasteiger partial charge in [0.1, 0.15) is 18.9 Å². The van der Waals surface area contributed by atoms with E-state index in [1.165, 1.54) is 32.1 Å². The first-order valence-corrected chi connectivity index (χ1v) is 7.82. The van der Waals surface area contributed by atoms with E-state index in [4.69, 9.17) is 4.74 Å². The summed E-state index contributed by atoms with van der Waals surface area (Å²) in [5, 5.41) is 13.3. The number of nitrogens with one attached hydrogen (secondary N) is 1. The van der Waals surface area contributed by atoms with E-state index in [9.17, 15) is 5.11 Å². The lowest BCUT2D eigenvalue weighted by atomic mass is 9.84. The number of ether oxygens (including phenoxy) is 1. The maximum atomic E-state index is 9.84. The molecule has 2 rings (SSSR count). The molecular weight excluding hydrogens is 262 g/mol. The van der Waals surface area contributed by atoms with Crippen LogP contribution in [0.4, 0.5) is 0 Å². The van der Waals surface area contributed by atoms with Crippen LogP contribution in [0, 0.1) is 5.92 Å². The van der Waals surface area contributed by atoms with Gasteiger partial charge in [-0.3, -0.25) is 0 Å². The lowest BCUT2D eigenvalue weighted by Gasteiger charge is -2.29. The van der Waals surface area contributed by atoms with Crippen LogP contribution in [0.1, 0.15) is 39.0 Å². The summed E-state index contributed by atoms with van der Waals surface area (Å²) in [5.74, 6) is 1.40. The summed E-state index contributed by atoms with van der Waals surface area (Å²) in [6.45, 7) is 3.12. The largest absolute Gasteiger partial charge is 0.473 e. The number of aromatic nitrogens is 2. The smallest absolute Gasteiger partial charge is 0.245 e. The van der Waals surface area contributed by atoms with E-state index < -0.39 is 6.10 Å². The lowest BCUT2D eigenvalue weighted by molar-refractivity contribution is 0.0987. The first-order chi connectivity index (χ1) is 9.28. The minimum Gasteiger partial charge on any atom is -0.473 e. The fourth-order valence-electron chi connectivity index (χ4n) is 2.54. The quantitative estimate of drug-likeness (QED) is 0.800. The molecule has 1 aromatic heterocycles. The Hall–Kier alpha value is -0.720. The molecule has 2 N–H and O–H groups in total. The van der Waals surface area contributed by atoms with Gasteiger partial charge in [0.05, 0.1) is 11.7 Å². The van der Waals surface area contributed by atoms with Crippen molar-refractivity contribution in [3.05, 3.63) is 6.20 Å². The van der Waals surface area contributed by atoms with Crippen molar-refractivity contribution in [3.63, 3.8) is 0 Å². The average molecular weight is 285 g/mol. The van der Waals surface area contributed by atoms with Crippen LogP contribution in [0.2, 0.25) is 0 Å². The third-order valence-corrected chi connectivity index (χ3v) is 4.29. The Labute approximate surface area is 118 Å². The van der Waals surface area contributed by atoms with Gasteiger partial charge in [0.25, 0.3) is 0 Å². The predicted molar refractivity (Wildman–Crippen MR) is 75.5 cm³/mol. The first kappa shape index (κ1) is 14.7. The molecule has 19 heavy (non-hydrogen) atoms. The topological polar surface area (TPSA) is 67.3 Å². The molecule has 0 radical (unpaired) electrons. The van der Waals surface area contributed by atoms with Crippen LogP contribution in [-0.2, 0) is 0 Å². The zero-order valence-corrected chi connectivity index (χ0v) is 12.2. The standard InChI is InChI=1S/C13H23N3O2S/c1-2-10-3-5-11(6-4-10)14-7-12(17)9-18-13-8-15-19-16-13/h8,10-12,14,17H,2-7,9H2,1H3. The minimum atomic E-state index is -0.495. The van der Waals surface area contributed by atoms with Crippen LogP contribution in [0.15, 0.2) is 6.20 Å². The SMILES string of the molecule is CCC1CCC(NCC(O)COc2cnsn2)CC1. The molecule has 5 nitrogen and oxygen atoms in total. The summed E-state index contributed by atoms with van der Waals surface area (Å²) in [5.41, 5.74) is 0. The van der Waals surface area contributed by atoms with Gasteiger partial charge in [-0.05, 0) is 31.6 Å². The van der Waals surface area contributed by atoms with E-state index in [1.807, 2.05) is 0 Å². The summed E-state index contributed by atoms with van der Waals surface area (Å²) in [6, 6.07) is 0.554. The molecule has 0 spiro atoms. The fraction of sp³-hybridized carbons (Fsp3) is 0.846. The van der Waals surface area contributed by atoms with Crippen molar-refractivity contribution in [3.8, 4) is 5.88 Å². The predicted octanol–water partition coefficient (Wildman–Crippen LogP) is 1.84. The second-order valence-electron chi connectivity index (χ2n) is 5.24. The highest BCUT2D eigenvalue weighted by Crippen LogP contribution is 2.26. The number of hydrogen-bond acceptors (Lipinski definition) is 6. The van der Waals surface area contributed by atoms with Crippen LogP contribution in [0.3, 0.4) is 0 Å². The molecule has 0 amide bonds. The van der Waals surface area contributed by atoms with E-state index in [2.05, 4.69) is 21.0 Å². The van der Waals surface area contributed by atoms with Crippen molar-refractivity contribution in [2.24, 2.45) is 5.92 Å². The van der Waals surface area contributed by atoms with Crippen molar-refractivity contribution in [2.45, 2.75) is 51.2 Å². The molecule has 0 saturated heterocycles. The van der Waals surface area contributed by atoms with Gasteiger partial charge >= 0.3 is 0 Å². The normalized spacial score (nSPS) is 25.2. The lowest BCUT2D eigenvalue weighted by Crippen LogP contribution is -2.39. The average Bonchev–Trinajstić information content (AvgIpc) is 2.96. The third-order valence-electron chi connectivity index (χ3n) is 3.83. The highest BCUT2D eigenvalue weighted by atomic mass is 32.1. The second kappa shape index (κ2) is 7.77. The molecule has 0 bridgehead atoms. The Bertz CT molecular complexity index is 340. The molecule has 1 aromatic rings. The molecule has 1 aliphatic carbocycles. The molecule has 1 fully saturated rings. The van der Waals surface area contributed by atoms with E-state index in [0.717, 1.165) is 17.6 Å². The van der Waals surface area contributed by atoms with Crippen molar-refractivity contribution in [1.29, 1.82) is 0 Å². The molecule has 1 aliphatic rings. The van der Waals surface area contributed by atoms with Crippen LogP contribution >= 0.6 is 11.7 Å². The minimum absolute atomic E-state index is 0.267. The number of nitrogens with zero attached hydrogens (tertiary/aromatic N) is 2. The van der Waals surface area contributed by atoms with Gasteiger partial charge in [-0.25, -0.2) is 0 Å². The van der Waals surface area contributed by atoms with Crippen molar-refractivity contribution >= 4 is 11.7 Å². The summed E-state index contributed by atoms with van der Waals surface area (Å²) in [7, 11) is 0. The Morgan fingerprint density at radius 3 is 2.89 bits per heavy atom. The second-order valence-corrected chi connectivity index (χ2v) is 5.80. The third kappa shape index (κ3) is 5.04. The first-order valence-electron chi connectivity index (χ1n) is 7.09. The molecule has 108 valence electrons. The summed E-state index contributed by atoms with van der Waals surface area (Å²) >= 11 is 1.11. The molecule has 1 unspecified atom stereocenters. The summed E-state index contributed by atoms with van der Waals surface area (Å²) < 4.78 is 13.1.